The molecule has 2 aromatic carbocycles. The van der Waals surface area contributed by atoms with Crippen LogP contribution in [-0.4, -0.2) is 42.0 Å². The summed E-state index contributed by atoms with van der Waals surface area (Å²) >= 11 is 7.60. The zero-order chi connectivity index (χ0) is 19.4. The number of nitrogens with zero attached hydrogens (tertiary/aromatic N) is 3. The standard InChI is InChI=1S/C20H21ClFN3OS/c1-3-24(4-2)11-12-25(19(26)15-10-9-14(22)13-16(15)21)20-23-17-7-5-6-8-18(17)27-20/h5-10,13H,3-4,11-12H2,1-2H3. The number of hydrogen-bond acceptors (Lipinski definition) is 4. The van der Waals surface area contributed by atoms with Crippen molar-refractivity contribution in [2.75, 3.05) is 31.1 Å². The maximum Gasteiger partial charge on any atom is 0.261 e. The SMILES string of the molecule is CCN(CC)CCN(C(=O)c1ccc(F)cc1Cl)c1nc2ccccc2s1. The Labute approximate surface area is 167 Å². The monoisotopic (exact) mass is 405 g/mol. The Hall–Kier alpha value is -2.02. The molecule has 0 aliphatic heterocycles. The fraction of sp³-hybridized carbons (Fsp3) is 0.300. The molecule has 0 saturated heterocycles. The average Bonchev–Trinajstić information content (AvgIpc) is 3.08. The first-order valence-electron chi connectivity index (χ1n) is 8.88. The topological polar surface area (TPSA) is 36.4 Å². The van der Waals surface area contributed by atoms with Crippen molar-refractivity contribution < 1.29 is 9.18 Å². The molecule has 0 saturated carbocycles. The molecular weight excluding hydrogens is 385 g/mol. The first-order chi connectivity index (χ1) is 13.0. The summed E-state index contributed by atoms with van der Waals surface area (Å²) in [5, 5.41) is 0.725. The molecule has 7 heteroatoms. The van der Waals surface area contributed by atoms with Gasteiger partial charge in [0.15, 0.2) is 5.13 Å². The van der Waals surface area contributed by atoms with Gasteiger partial charge in [0.25, 0.3) is 5.91 Å². The third kappa shape index (κ3) is 4.46. The number of carbonyl (C=O) groups excluding carboxylic acids is 1. The van der Waals surface area contributed by atoms with Crippen LogP contribution in [0.25, 0.3) is 10.2 Å². The van der Waals surface area contributed by atoms with Gasteiger partial charge in [0.1, 0.15) is 5.82 Å². The van der Waals surface area contributed by atoms with E-state index in [1.165, 1.54) is 23.5 Å². The number of carbonyl (C=O) groups is 1. The maximum atomic E-state index is 13.4. The Morgan fingerprint density at radius 2 is 1.89 bits per heavy atom. The summed E-state index contributed by atoms with van der Waals surface area (Å²) in [5.74, 6) is -0.738. The van der Waals surface area contributed by atoms with E-state index in [4.69, 9.17) is 11.6 Å². The molecule has 4 nitrogen and oxygen atoms in total. The summed E-state index contributed by atoms with van der Waals surface area (Å²) in [5.41, 5.74) is 1.13. The first-order valence-corrected chi connectivity index (χ1v) is 10.1. The number of fused-ring (bicyclic) bond motifs is 1. The minimum Gasteiger partial charge on any atom is -0.302 e. The van der Waals surface area contributed by atoms with Crippen LogP contribution in [0.1, 0.15) is 24.2 Å². The van der Waals surface area contributed by atoms with Crippen molar-refractivity contribution >= 4 is 44.2 Å². The molecule has 0 N–H and O–H groups in total. The third-order valence-corrected chi connectivity index (χ3v) is 5.83. The number of hydrogen-bond donors (Lipinski definition) is 0. The molecule has 1 amide bonds. The van der Waals surface area contributed by atoms with E-state index in [1.54, 1.807) is 4.90 Å². The molecule has 3 aromatic rings. The number of likely N-dealkylation sites (N-methyl/N-ethyl adjacent to an activating group) is 1. The number of aromatic nitrogens is 1. The van der Waals surface area contributed by atoms with E-state index in [1.807, 2.05) is 24.3 Å². The van der Waals surface area contributed by atoms with Gasteiger partial charge in [0, 0.05) is 13.1 Å². The molecule has 0 spiro atoms. The molecule has 1 aromatic heterocycles. The van der Waals surface area contributed by atoms with Crippen LogP contribution in [0.15, 0.2) is 42.5 Å². The number of halogens is 2. The zero-order valence-electron chi connectivity index (χ0n) is 15.3. The number of anilines is 1. The Morgan fingerprint density at radius 1 is 1.15 bits per heavy atom. The quantitative estimate of drug-likeness (QED) is 0.550. The predicted molar refractivity (Wildman–Crippen MR) is 110 cm³/mol. The van der Waals surface area contributed by atoms with Gasteiger partial charge in [-0.15, -0.1) is 0 Å². The highest BCUT2D eigenvalue weighted by Gasteiger charge is 2.23. The minimum absolute atomic E-state index is 0.106. The second kappa shape index (κ2) is 8.78. The van der Waals surface area contributed by atoms with Gasteiger partial charge >= 0.3 is 0 Å². The van der Waals surface area contributed by atoms with Gasteiger partial charge in [-0.05, 0) is 43.4 Å². The van der Waals surface area contributed by atoms with Crippen LogP contribution in [0.2, 0.25) is 5.02 Å². The van der Waals surface area contributed by atoms with Crippen molar-refractivity contribution in [3.8, 4) is 0 Å². The van der Waals surface area contributed by atoms with E-state index < -0.39 is 5.82 Å². The van der Waals surface area contributed by atoms with Gasteiger partial charge in [-0.2, -0.15) is 0 Å². The lowest BCUT2D eigenvalue weighted by atomic mass is 10.2. The number of para-hydroxylation sites is 1. The van der Waals surface area contributed by atoms with Gasteiger partial charge in [0.05, 0.1) is 20.8 Å². The van der Waals surface area contributed by atoms with Crippen molar-refractivity contribution in [3.05, 3.63) is 58.9 Å². The summed E-state index contributed by atoms with van der Waals surface area (Å²) in [6, 6.07) is 11.6. The number of benzene rings is 2. The smallest absolute Gasteiger partial charge is 0.261 e. The van der Waals surface area contributed by atoms with Crippen molar-refractivity contribution in [3.63, 3.8) is 0 Å². The van der Waals surface area contributed by atoms with Crippen LogP contribution in [0.4, 0.5) is 9.52 Å². The fourth-order valence-electron chi connectivity index (χ4n) is 2.85. The molecule has 142 valence electrons. The third-order valence-electron chi connectivity index (χ3n) is 4.45. The lowest BCUT2D eigenvalue weighted by molar-refractivity contribution is 0.0984. The Bertz CT molecular complexity index is 909. The zero-order valence-corrected chi connectivity index (χ0v) is 16.9. The fourth-order valence-corrected chi connectivity index (χ4v) is 4.09. The van der Waals surface area contributed by atoms with Crippen LogP contribution in [0.5, 0.6) is 0 Å². The molecular formula is C20H21ClFN3OS. The van der Waals surface area contributed by atoms with E-state index in [-0.39, 0.29) is 16.5 Å². The van der Waals surface area contributed by atoms with Gasteiger partial charge in [-0.1, -0.05) is 48.9 Å². The van der Waals surface area contributed by atoms with E-state index in [2.05, 4.69) is 23.7 Å². The molecule has 0 fully saturated rings. The minimum atomic E-state index is -0.466. The molecule has 0 unspecified atom stereocenters. The Morgan fingerprint density at radius 3 is 2.56 bits per heavy atom. The lowest BCUT2D eigenvalue weighted by Gasteiger charge is -2.25. The first kappa shape index (κ1) is 19.7. The van der Waals surface area contributed by atoms with Crippen LogP contribution >= 0.6 is 22.9 Å². The van der Waals surface area contributed by atoms with E-state index in [9.17, 15) is 9.18 Å². The molecule has 0 aliphatic carbocycles. The van der Waals surface area contributed by atoms with Crippen molar-refractivity contribution in [1.82, 2.24) is 9.88 Å². The molecule has 0 bridgehead atoms. The second-order valence-corrected chi connectivity index (χ2v) is 7.49. The van der Waals surface area contributed by atoms with Crippen molar-refractivity contribution in [2.45, 2.75) is 13.8 Å². The summed E-state index contributed by atoms with van der Waals surface area (Å²) in [4.78, 5) is 21.7. The highest BCUT2D eigenvalue weighted by molar-refractivity contribution is 7.22. The van der Waals surface area contributed by atoms with E-state index >= 15 is 0 Å². The molecule has 0 radical (unpaired) electrons. The highest BCUT2D eigenvalue weighted by Crippen LogP contribution is 2.30. The summed E-state index contributed by atoms with van der Waals surface area (Å²) in [6.45, 7) is 7.17. The van der Waals surface area contributed by atoms with E-state index in [0.717, 1.165) is 29.4 Å². The van der Waals surface area contributed by atoms with Gasteiger partial charge in [0.2, 0.25) is 0 Å². The van der Waals surface area contributed by atoms with Crippen LogP contribution in [-0.2, 0) is 0 Å². The normalized spacial score (nSPS) is 11.3. The van der Waals surface area contributed by atoms with Gasteiger partial charge in [-0.3, -0.25) is 9.69 Å². The summed E-state index contributed by atoms with van der Waals surface area (Å²) in [7, 11) is 0. The molecule has 0 atom stereocenters. The van der Waals surface area contributed by atoms with Crippen LogP contribution in [0, 0.1) is 5.82 Å². The van der Waals surface area contributed by atoms with Crippen LogP contribution in [0.3, 0.4) is 0 Å². The number of rotatable bonds is 7. The molecule has 1 heterocycles. The summed E-state index contributed by atoms with van der Waals surface area (Å²) in [6.07, 6.45) is 0. The molecule has 0 aliphatic rings. The average molecular weight is 406 g/mol. The largest absolute Gasteiger partial charge is 0.302 e. The second-order valence-electron chi connectivity index (χ2n) is 6.07. The van der Waals surface area contributed by atoms with Crippen LogP contribution < -0.4 is 4.90 Å². The summed E-state index contributed by atoms with van der Waals surface area (Å²) < 4.78 is 14.4. The predicted octanol–water partition coefficient (Wildman–Crippen LogP) is 5.08. The number of amides is 1. The molecule has 27 heavy (non-hydrogen) atoms. The van der Waals surface area contributed by atoms with Gasteiger partial charge in [-0.25, -0.2) is 9.37 Å². The van der Waals surface area contributed by atoms with Crippen molar-refractivity contribution in [1.29, 1.82) is 0 Å². The van der Waals surface area contributed by atoms with E-state index in [0.29, 0.717) is 18.2 Å². The maximum absolute atomic E-state index is 13.4. The molecule has 3 rings (SSSR count). The highest BCUT2D eigenvalue weighted by atomic mass is 35.5. The van der Waals surface area contributed by atoms with Gasteiger partial charge < -0.3 is 4.90 Å². The number of thiazole rings is 1. The Kier molecular flexibility index (Phi) is 6.42. The lowest BCUT2D eigenvalue weighted by Crippen LogP contribution is -2.39. The van der Waals surface area contributed by atoms with Crippen molar-refractivity contribution in [2.24, 2.45) is 0 Å². The Balaban J connectivity index is 1.96.